The van der Waals surface area contributed by atoms with Crippen LogP contribution in [0.1, 0.15) is 12.0 Å². The molecule has 0 N–H and O–H groups in total. The molecule has 2 aliphatic rings. The van der Waals surface area contributed by atoms with Crippen molar-refractivity contribution in [3.63, 3.8) is 0 Å². The fraction of sp³-hybridized carbons (Fsp3) is 0.529. The smallest absolute Gasteiger partial charge is 0.242 e. The van der Waals surface area contributed by atoms with Gasteiger partial charge in [-0.15, -0.1) is 0 Å². The van der Waals surface area contributed by atoms with E-state index in [1.165, 1.54) is 0 Å². The average Bonchev–Trinajstić information content (AvgIpc) is 3.11. The minimum absolute atomic E-state index is 0.00802. The summed E-state index contributed by atoms with van der Waals surface area (Å²) in [6.07, 6.45) is 0.761. The lowest BCUT2D eigenvalue weighted by Crippen LogP contribution is -2.53. The standard InChI is InChI=1S/C17H22N2O4/c1-22-15-4-2-3-13(9-15)10-18-6-7-19(11-16(18)20)17(21)14-5-8-23-12-14/h2-4,9,14H,5-8,10-12H2,1H3. The summed E-state index contributed by atoms with van der Waals surface area (Å²) in [4.78, 5) is 28.2. The van der Waals surface area contributed by atoms with E-state index in [1.54, 1.807) is 16.9 Å². The molecule has 1 aromatic rings. The molecule has 2 aliphatic heterocycles. The van der Waals surface area contributed by atoms with Gasteiger partial charge in [-0.2, -0.15) is 0 Å². The second kappa shape index (κ2) is 7.00. The van der Waals surface area contributed by atoms with Gasteiger partial charge in [0.05, 0.1) is 26.2 Å². The number of rotatable bonds is 4. The molecule has 2 amide bonds. The van der Waals surface area contributed by atoms with Gasteiger partial charge in [0.1, 0.15) is 5.75 Å². The topological polar surface area (TPSA) is 59.1 Å². The van der Waals surface area contributed by atoms with E-state index in [-0.39, 0.29) is 24.3 Å². The van der Waals surface area contributed by atoms with Crippen molar-refractivity contribution >= 4 is 11.8 Å². The first-order valence-electron chi connectivity index (χ1n) is 7.94. The average molecular weight is 318 g/mol. The van der Waals surface area contributed by atoms with Gasteiger partial charge < -0.3 is 19.3 Å². The van der Waals surface area contributed by atoms with Gasteiger partial charge in [-0.25, -0.2) is 0 Å². The fourth-order valence-corrected chi connectivity index (χ4v) is 3.04. The first-order chi connectivity index (χ1) is 11.2. The number of ether oxygens (including phenoxy) is 2. The van der Waals surface area contributed by atoms with E-state index in [1.807, 2.05) is 24.3 Å². The summed E-state index contributed by atoms with van der Waals surface area (Å²) in [5.41, 5.74) is 1.03. The number of benzene rings is 1. The fourth-order valence-electron chi connectivity index (χ4n) is 3.04. The minimum Gasteiger partial charge on any atom is -0.497 e. The van der Waals surface area contributed by atoms with Crippen molar-refractivity contribution in [3.05, 3.63) is 29.8 Å². The summed E-state index contributed by atoms with van der Waals surface area (Å²) in [5.74, 6) is 0.751. The summed E-state index contributed by atoms with van der Waals surface area (Å²) < 4.78 is 10.5. The molecule has 124 valence electrons. The number of carbonyl (C=O) groups is 2. The molecule has 0 aliphatic carbocycles. The molecule has 6 nitrogen and oxygen atoms in total. The molecule has 0 radical (unpaired) electrons. The van der Waals surface area contributed by atoms with Gasteiger partial charge >= 0.3 is 0 Å². The molecular formula is C17H22N2O4. The van der Waals surface area contributed by atoms with Crippen LogP contribution in [0.4, 0.5) is 0 Å². The van der Waals surface area contributed by atoms with Crippen LogP contribution >= 0.6 is 0 Å². The Hall–Kier alpha value is -2.08. The number of nitrogens with zero attached hydrogens (tertiary/aromatic N) is 2. The van der Waals surface area contributed by atoms with Crippen molar-refractivity contribution in [1.82, 2.24) is 9.80 Å². The maximum absolute atomic E-state index is 12.4. The Balaban J connectivity index is 1.58. The Labute approximate surface area is 136 Å². The number of piperazine rings is 1. The molecule has 0 saturated carbocycles. The van der Waals surface area contributed by atoms with Gasteiger partial charge in [-0.05, 0) is 24.1 Å². The molecule has 23 heavy (non-hydrogen) atoms. The van der Waals surface area contributed by atoms with E-state index in [4.69, 9.17) is 9.47 Å². The summed E-state index contributed by atoms with van der Waals surface area (Å²) in [7, 11) is 1.63. The van der Waals surface area contributed by atoms with Crippen LogP contribution in [-0.4, -0.2) is 61.6 Å². The molecular weight excluding hydrogens is 296 g/mol. The van der Waals surface area contributed by atoms with E-state index in [9.17, 15) is 9.59 Å². The number of methoxy groups -OCH3 is 1. The highest BCUT2D eigenvalue weighted by molar-refractivity contribution is 5.87. The van der Waals surface area contributed by atoms with Crippen molar-refractivity contribution in [2.24, 2.45) is 5.92 Å². The Bertz CT molecular complexity index is 584. The third kappa shape index (κ3) is 3.64. The van der Waals surface area contributed by atoms with E-state index < -0.39 is 0 Å². The molecule has 0 spiro atoms. The van der Waals surface area contributed by atoms with Crippen LogP contribution < -0.4 is 4.74 Å². The van der Waals surface area contributed by atoms with Crippen molar-refractivity contribution in [1.29, 1.82) is 0 Å². The zero-order valence-corrected chi connectivity index (χ0v) is 13.4. The third-order valence-electron chi connectivity index (χ3n) is 4.42. The van der Waals surface area contributed by atoms with E-state index in [2.05, 4.69) is 0 Å². The summed E-state index contributed by atoms with van der Waals surface area (Å²) in [6.45, 7) is 2.99. The van der Waals surface area contributed by atoms with Crippen molar-refractivity contribution < 1.29 is 19.1 Å². The lowest BCUT2D eigenvalue weighted by atomic mass is 10.1. The Kier molecular flexibility index (Phi) is 4.81. The molecule has 1 atom stereocenters. The highest BCUT2D eigenvalue weighted by atomic mass is 16.5. The van der Waals surface area contributed by atoms with Crippen LogP contribution in [0.5, 0.6) is 5.75 Å². The first-order valence-corrected chi connectivity index (χ1v) is 7.94. The molecule has 2 saturated heterocycles. The van der Waals surface area contributed by atoms with Crippen LogP contribution in [0.3, 0.4) is 0 Å². The predicted molar refractivity (Wildman–Crippen MR) is 83.9 cm³/mol. The van der Waals surface area contributed by atoms with Crippen molar-refractivity contribution in [2.45, 2.75) is 13.0 Å². The lowest BCUT2D eigenvalue weighted by Gasteiger charge is -2.35. The number of hydrogen-bond acceptors (Lipinski definition) is 4. The lowest BCUT2D eigenvalue weighted by molar-refractivity contribution is -0.148. The summed E-state index contributed by atoms with van der Waals surface area (Å²) in [5, 5.41) is 0. The van der Waals surface area contributed by atoms with Crippen LogP contribution in [0.2, 0.25) is 0 Å². The number of hydrogen-bond donors (Lipinski definition) is 0. The van der Waals surface area contributed by atoms with Crippen LogP contribution in [0.25, 0.3) is 0 Å². The number of amides is 2. The van der Waals surface area contributed by atoms with Crippen molar-refractivity contribution in [3.8, 4) is 5.75 Å². The monoisotopic (exact) mass is 318 g/mol. The van der Waals surface area contributed by atoms with Gasteiger partial charge in [-0.3, -0.25) is 9.59 Å². The summed E-state index contributed by atoms with van der Waals surface area (Å²) >= 11 is 0. The first kappa shape index (κ1) is 15.8. The molecule has 0 bridgehead atoms. The largest absolute Gasteiger partial charge is 0.497 e. The van der Waals surface area contributed by atoms with E-state index in [0.29, 0.717) is 32.8 Å². The Morgan fingerprint density at radius 2 is 2.26 bits per heavy atom. The second-order valence-corrected chi connectivity index (χ2v) is 5.99. The van der Waals surface area contributed by atoms with Gasteiger partial charge in [0.15, 0.2) is 0 Å². The Morgan fingerprint density at radius 3 is 2.96 bits per heavy atom. The van der Waals surface area contributed by atoms with Gasteiger partial charge in [0.25, 0.3) is 0 Å². The number of carbonyl (C=O) groups excluding carboxylic acids is 2. The second-order valence-electron chi connectivity index (χ2n) is 5.99. The quantitative estimate of drug-likeness (QED) is 0.828. The highest BCUT2D eigenvalue weighted by Gasteiger charge is 2.32. The zero-order chi connectivity index (χ0) is 16.2. The van der Waals surface area contributed by atoms with Gasteiger partial charge in [0, 0.05) is 26.2 Å². The highest BCUT2D eigenvalue weighted by Crippen LogP contribution is 2.19. The third-order valence-corrected chi connectivity index (χ3v) is 4.42. The maximum Gasteiger partial charge on any atom is 0.242 e. The Morgan fingerprint density at radius 1 is 1.39 bits per heavy atom. The van der Waals surface area contributed by atoms with Crippen molar-refractivity contribution in [2.75, 3.05) is 40.0 Å². The normalized spacial score (nSPS) is 21.6. The molecule has 1 aromatic carbocycles. The minimum atomic E-state index is -0.0762. The molecule has 3 rings (SSSR count). The zero-order valence-electron chi connectivity index (χ0n) is 13.4. The van der Waals surface area contributed by atoms with Crippen LogP contribution in [0.15, 0.2) is 24.3 Å². The molecule has 1 unspecified atom stereocenters. The predicted octanol–water partition coefficient (Wildman–Crippen LogP) is 0.902. The molecule has 2 fully saturated rings. The van der Waals surface area contributed by atoms with Crippen LogP contribution in [-0.2, 0) is 20.9 Å². The molecule has 2 heterocycles. The SMILES string of the molecule is COc1cccc(CN2CCN(C(=O)C3CCOC3)CC2=O)c1. The van der Waals surface area contributed by atoms with E-state index >= 15 is 0 Å². The van der Waals surface area contributed by atoms with E-state index in [0.717, 1.165) is 17.7 Å². The van der Waals surface area contributed by atoms with Crippen LogP contribution in [0, 0.1) is 5.92 Å². The van der Waals surface area contributed by atoms with Gasteiger partial charge in [-0.1, -0.05) is 12.1 Å². The maximum atomic E-state index is 12.4. The molecule has 0 aromatic heterocycles. The molecule has 6 heteroatoms. The van der Waals surface area contributed by atoms with Gasteiger partial charge in [0.2, 0.25) is 11.8 Å². The summed E-state index contributed by atoms with van der Waals surface area (Å²) in [6, 6.07) is 7.70.